The summed E-state index contributed by atoms with van der Waals surface area (Å²) in [6.07, 6.45) is 1.67. The van der Waals surface area contributed by atoms with Crippen molar-refractivity contribution < 1.29 is 4.39 Å². The van der Waals surface area contributed by atoms with Gasteiger partial charge in [0.1, 0.15) is 5.82 Å². The van der Waals surface area contributed by atoms with Gasteiger partial charge in [-0.3, -0.25) is 5.43 Å². The zero-order valence-corrected chi connectivity index (χ0v) is 14.4. The Bertz CT molecular complexity index is 818. The van der Waals surface area contributed by atoms with E-state index in [2.05, 4.69) is 31.4 Å². The number of thiazole rings is 1. The van der Waals surface area contributed by atoms with Gasteiger partial charge >= 0.3 is 0 Å². The van der Waals surface area contributed by atoms with Crippen molar-refractivity contribution in [2.24, 2.45) is 5.10 Å². The SMILES string of the molecule is Fc1ccc(C=NNc2nc(-c3ccccc3)cs2)c(CBr)c1. The monoisotopic (exact) mass is 389 g/mol. The van der Waals surface area contributed by atoms with Crippen LogP contribution in [-0.2, 0) is 5.33 Å². The zero-order valence-electron chi connectivity index (χ0n) is 12.0. The molecular weight excluding hydrogens is 377 g/mol. The van der Waals surface area contributed by atoms with Gasteiger partial charge in [0.25, 0.3) is 0 Å². The molecular formula is C17H13BrFN3S. The highest BCUT2D eigenvalue weighted by Crippen LogP contribution is 2.24. The first-order valence-corrected chi connectivity index (χ1v) is 8.91. The molecule has 3 nitrogen and oxygen atoms in total. The van der Waals surface area contributed by atoms with Crippen molar-refractivity contribution in [3.05, 3.63) is 70.9 Å². The molecule has 0 saturated heterocycles. The predicted molar refractivity (Wildman–Crippen MR) is 97.8 cm³/mol. The highest BCUT2D eigenvalue weighted by Gasteiger charge is 2.04. The number of aromatic nitrogens is 1. The van der Waals surface area contributed by atoms with Crippen molar-refractivity contribution in [3.63, 3.8) is 0 Å². The number of hydrazone groups is 1. The van der Waals surface area contributed by atoms with Gasteiger partial charge in [0, 0.05) is 16.3 Å². The van der Waals surface area contributed by atoms with Gasteiger partial charge in [-0.15, -0.1) is 11.3 Å². The molecule has 3 rings (SSSR count). The van der Waals surface area contributed by atoms with Crippen LogP contribution in [0.15, 0.2) is 59.0 Å². The Hall–Kier alpha value is -2.05. The van der Waals surface area contributed by atoms with Gasteiger partial charge in [0.2, 0.25) is 5.13 Å². The molecule has 0 unspecified atom stereocenters. The molecule has 23 heavy (non-hydrogen) atoms. The molecule has 1 N–H and O–H groups in total. The van der Waals surface area contributed by atoms with Crippen molar-refractivity contribution in [1.29, 1.82) is 0 Å². The van der Waals surface area contributed by atoms with Crippen LogP contribution in [0, 0.1) is 5.82 Å². The Morgan fingerprint density at radius 1 is 1.22 bits per heavy atom. The fourth-order valence-corrected chi connectivity index (χ4v) is 3.19. The van der Waals surface area contributed by atoms with Gasteiger partial charge in [-0.25, -0.2) is 9.37 Å². The van der Waals surface area contributed by atoms with E-state index in [1.165, 1.54) is 23.5 Å². The van der Waals surface area contributed by atoms with Crippen LogP contribution in [-0.4, -0.2) is 11.2 Å². The summed E-state index contributed by atoms with van der Waals surface area (Å²) >= 11 is 4.84. The Morgan fingerprint density at radius 2 is 2.04 bits per heavy atom. The van der Waals surface area contributed by atoms with Gasteiger partial charge in [0.05, 0.1) is 11.9 Å². The predicted octanol–water partition coefficient (Wildman–Crippen LogP) is 5.29. The largest absolute Gasteiger partial charge is 0.253 e. The van der Waals surface area contributed by atoms with Crippen LogP contribution in [0.1, 0.15) is 11.1 Å². The molecule has 0 radical (unpaired) electrons. The minimum absolute atomic E-state index is 0.253. The second-order valence-electron chi connectivity index (χ2n) is 4.75. The van der Waals surface area contributed by atoms with Crippen LogP contribution in [0.25, 0.3) is 11.3 Å². The summed E-state index contributed by atoms with van der Waals surface area (Å²) < 4.78 is 13.2. The van der Waals surface area contributed by atoms with Gasteiger partial charge < -0.3 is 0 Å². The lowest BCUT2D eigenvalue weighted by molar-refractivity contribution is 0.626. The number of benzene rings is 2. The number of hydrogen-bond donors (Lipinski definition) is 1. The molecule has 0 aliphatic carbocycles. The van der Waals surface area contributed by atoms with Crippen LogP contribution in [0.3, 0.4) is 0 Å². The molecule has 0 aliphatic heterocycles. The Morgan fingerprint density at radius 3 is 2.83 bits per heavy atom. The van der Waals surface area contributed by atoms with Crippen LogP contribution < -0.4 is 5.43 Å². The summed E-state index contributed by atoms with van der Waals surface area (Å²) in [6.45, 7) is 0. The number of anilines is 1. The van der Waals surface area contributed by atoms with E-state index < -0.39 is 0 Å². The van der Waals surface area contributed by atoms with E-state index >= 15 is 0 Å². The normalized spacial score (nSPS) is 11.0. The molecule has 0 atom stereocenters. The van der Waals surface area contributed by atoms with E-state index in [0.717, 1.165) is 22.4 Å². The first kappa shape index (κ1) is 15.8. The molecule has 1 heterocycles. The maximum atomic E-state index is 13.2. The Balaban J connectivity index is 1.70. The van der Waals surface area contributed by atoms with Crippen molar-refractivity contribution in [2.75, 3.05) is 5.43 Å². The van der Waals surface area contributed by atoms with Gasteiger partial charge in [0.15, 0.2) is 0 Å². The van der Waals surface area contributed by atoms with E-state index in [-0.39, 0.29) is 5.82 Å². The topological polar surface area (TPSA) is 37.3 Å². The highest BCUT2D eigenvalue weighted by molar-refractivity contribution is 9.08. The van der Waals surface area contributed by atoms with Crippen LogP contribution in [0.4, 0.5) is 9.52 Å². The molecule has 0 spiro atoms. The summed E-state index contributed by atoms with van der Waals surface area (Å²) in [7, 11) is 0. The summed E-state index contributed by atoms with van der Waals surface area (Å²) in [5.74, 6) is -0.253. The summed E-state index contributed by atoms with van der Waals surface area (Å²) in [5.41, 5.74) is 6.60. The van der Waals surface area contributed by atoms with Crippen molar-refractivity contribution in [1.82, 2.24) is 4.98 Å². The summed E-state index contributed by atoms with van der Waals surface area (Å²) in [4.78, 5) is 4.49. The number of nitrogens with zero attached hydrogens (tertiary/aromatic N) is 2. The fraction of sp³-hybridized carbons (Fsp3) is 0.0588. The average molecular weight is 390 g/mol. The molecule has 6 heteroatoms. The van der Waals surface area contributed by atoms with E-state index in [1.54, 1.807) is 12.3 Å². The number of alkyl halides is 1. The summed E-state index contributed by atoms with van der Waals surface area (Å²) in [6, 6.07) is 14.6. The maximum absolute atomic E-state index is 13.2. The lowest BCUT2D eigenvalue weighted by Crippen LogP contribution is -1.94. The molecule has 0 saturated carbocycles. The molecule has 0 bridgehead atoms. The first-order chi connectivity index (χ1) is 11.3. The number of hydrogen-bond acceptors (Lipinski definition) is 4. The highest BCUT2D eigenvalue weighted by atomic mass is 79.9. The lowest BCUT2D eigenvalue weighted by atomic mass is 10.1. The number of nitrogens with one attached hydrogen (secondary N) is 1. The molecule has 3 aromatic rings. The van der Waals surface area contributed by atoms with Crippen LogP contribution in [0.5, 0.6) is 0 Å². The standard InChI is InChI=1S/C17H13BrFN3S/c18-9-14-8-15(19)7-6-13(14)10-20-22-17-21-16(11-23-17)12-4-2-1-3-5-12/h1-8,10-11H,9H2,(H,21,22). The van der Waals surface area contributed by atoms with Crippen LogP contribution >= 0.6 is 27.3 Å². The molecule has 0 amide bonds. The van der Waals surface area contributed by atoms with E-state index in [1.807, 2.05) is 35.7 Å². The third kappa shape index (κ3) is 4.03. The minimum atomic E-state index is -0.253. The Kier molecular flexibility index (Phi) is 5.15. The fourth-order valence-electron chi connectivity index (χ4n) is 2.04. The van der Waals surface area contributed by atoms with Gasteiger partial charge in [-0.2, -0.15) is 5.10 Å². The van der Waals surface area contributed by atoms with Crippen molar-refractivity contribution in [2.45, 2.75) is 5.33 Å². The number of rotatable bonds is 5. The smallest absolute Gasteiger partial charge is 0.203 e. The lowest BCUT2D eigenvalue weighted by Gasteiger charge is -2.01. The maximum Gasteiger partial charge on any atom is 0.203 e. The first-order valence-electron chi connectivity index (χ1n) is 6.90. The molecule has 2 aromatic carbocycles. The van der Waals surface area contributed by atoms with Crippen LogP contribution in [0.2, 0.25) is 0 Å². The quantitative estimate of drug-likeness (QED) is 0.365. The van der Waals surface area contributed by atoms with Crippen molar-refractivity contribution >= 4 is 38.6 Å². The Labute approximate surface area is 146 Å². The summed E-state index contributed by atoms with van der Waals surface area (Å²) in [5, 5.41) is 7.45. The number of halogens is 2. The third-order valence-corrected chi connectivity index (χ3v) is 4.54. The van der Waals surface area contributed by atoms with Crippen molar-refractivity contribution in [3.8, 4) is 11.3 Å². The van der Waals surface area contributed by atoms with Gasteiger partial charge in [-0.05, 0) is 23.3 Å². The third-order valence-electron chi connectivity index (χ3n) is 3.19. The molecule has 116 valence electrons. The average Bonchev–Trinajstić information content (AvgIpc) is 3.06. The van der Waals surface area contributed by atoms with E-state index in [9.17, 15) is 4.39 Å². The van der Waals surface area contributed by atoms with E-state index in [4.69, 9.17) is 0 Å². The molecule has 0 fully saturated rings. The second kappa shape index (κ2) is 7.48. The molecule has 0 aliphatic rings. The second-order valence-corrected chi connectivity index (χ2v) is 6.17. The molecule has 1 aromatic heterocycles. The van der Waals surface area contributed by atoms with E-state index in [0.29, 0.717) is 10.5 Å². The van der Waals surface area contributed by atoms with Gasteiger partial charge in [-0.1, -0.05) is 52.3 Å². The minimum Gasteiger partial charge on any atom is -0.253 e. The zero-order chi connectivity index (χ0) is 16.1.